The molecular formula is C17H17F4N3O2S. The van der Waals surface area contributed by atoms with E-state index in [0.29, 0.717) is 43.2 Å². The third kappa shape index (κ3) is 5.02. The van der Waals surface area contributed by atoms with E-state index in [4.69, 9.17) is 4.74 Å². The third-order valence-corrected chi connectivity index (χ3v) is 5.04. The van der Waals surface area contributed by atoms with Gasteiger partial charge in [0.15, 0.2) is 5.01 Å². The Bertz CT molecular complexity index is 790. The van der Waals surface area contributed by atoms with E-state index in [0.717, 1.165) is 5.38 Å². The van der Waals surface area contributed by atoms with Crippen LogP contribution >= 0.6 is 11.3 Å². The number of aromatic nitrogens is 1. The molecule has 0 spiro atoms. The SMILES string of the molecule is O=C(NC[C@H](c1cccc(F)c1)N1CCOCC1)c1csc(C(F)(F)F)n1. The molecule has 1 amide bonds. The molecule has 146 valence electrons. The number of carbonyl (C=O) groups excluding carboxylic acids is 1. The lowest BCUT2D eigenvalue weighted by Gasteiger charge is -2.34. The number of rotatable bonds is 5. The van der Waals surface area contributed by atoms with E-state index in [2.05, 4.69) is 10.3 Å². The summed E-state index contributed by atoms with van der Waals surface area (Å²) in [6, 6.07) is 5.72. The molecule has 1 atom stereocenters. The zero-order valence-corrected chi connectivity index (χ0v) is 14.9. The van der Waals surface area contributed by atoms with Crippen molar-refractivity contribution in [3.05, 3.63) is 51.7 Å². The van der Waals surface area contributed by atoms with Crippen molar-refractivity contribution in [2.75, 3.05) is 32.8 Å². The summed E-state index contributed by atoms with van der Waals surface area (Å²) in [6.07, 6.45) is -4.58. The summed E-state index contributed by atoms with van der Waals surface area (Å²) >= 11 is 0.372. The van der Waals surface area contributed by atoms with Gasteiger partial charge in [-0.05, 0) is 17.7 Å². The van der Waals surface area contributed by atoms with Gasteiger partial charge in [0.2, 0.25) is 0 Å². The van der Waals surface area contributed by atoms with Crippen LogP contribution in [0.5, 0.6) is 0 Å². The summed E-state index contributed by atoms with van der Waals surface area (Å²) in [5.74, 6) is -1.09. The summed E-state index contributed by atoms with van der Waals surface area (Å²) in [6.45, 7) is 2.35. The number of thiazole rings is 1. The Morgan fingerprint density at radius 3 is 2.70 bits per heavy atom. The Morgan fingerprint density at radius 1 is 1.33 bits per heavy atom. The highest BCUT2D eigenvalue weighted by atomic mass is 32.1. The molecule has 1 aromatic heterocycles. The highest BCUT2D eigenvalue weighted by Gasteiger charge is 2.35. The standard InChI is InChI=1S/C17H17F4N3O2S/c18-12-3-1-2-11(8-12)14(24-4-6-26-7-5-24)9-22-15(25)13-10-27-16(23-13)17(19,20)21/h1-3,8,10,14H,4-7,9H2,(H,22,25)/t14-/m1/s1. The van der Waals surface area contributed by atoms with Gasteiger partial charge in [0.1, 0.15) is 11.5 Å². The number of benzene rings is 1. The normalized spacial score (nSPS) is 16.9. The van der Waals surface area contributed by atoms with E-state index in [-0.39, 0.29) is 18.3 Å². The van der Waals surface area contributed by atoms with E-state index in [1.54, 1.807) is 12.1 Å². The molecule has 0 radical (unpaired) electrons. The molecule has 1 aliphatic heterocycles. The first-order valence-corrected chi connectivity index (χ1v) is 9.11. The van der Waals surface area contributed by atoms with Gasteiger partial charge >= 0.3 is 6.18 Å². The lowest BCUT2D eigenvalue weighted by atomic mass is 10.0. The van der Waals surface area contributed by atoms with Crippen LogP contribution in [0, 0.1) is 5.82 Å². The van der Waals surface area contributed by atoms with Crippen LogP contribution in [0.15, 0.2) is 29.6 Å². The molecule has 2 aromatic rings. The van der Waals surface area contributed by atoms with Crippen molar-refractivity contribution in [1.29, 1.82) is 0 Å². The number of nitrogens with one attached hydrogen (secondary N) is 1. The maximum Gasteiger partial charge on any atom is 0.443 e. The number of carbonyl (C=O) groups is 1. The number of nitrogens with zero attached hydrogens (tertiary/aromatic N) is 2. The zero-order chi connectivity index (χ0) is 19.4. The molecular weight excluding hydrogens is 386 g/mol. The molecule has 0 aliphatic carbocycles. The Hall–Kier alpha value is -2.04. The van der Waals surface area contributed by atoms with Crippen molar-refractivity contribution in [2.45, 2.75) is 12.2 Å². The summed E-state index contributed by atoms with van der Waals surface area (Å²) in [5, 5.41) is 2.62. The number of hydrogen-bond acceptors (Lipinski definition) is 5. The fourth-order valence-electron chi connectivity index (χ4n) is 2.85. The second kappa shape index (κ2) is 8.32. The summed E-state index contributed by atoms with van der Waals surface area (Å²) in [4.78, 5) is 17.6. The van der Waals surface area contributed by atoms with Crippen LogP contribution in [-0.4, -0.2) is 48.6 Å². The van der Waals surface area contributed by atoms with Crippen molar-refractivity contribution in [3.8, 4) is 0 Å². The maximum atomic E-state index is 13.6. The van der Waals surface area contributed by atoms with E-state index in [1.165, 1.54) is 12.1 Å². The lowest BCUT2D eigenvalue weighted by Crippen LogP contribution is -2.43. The molecule has 1 N–H and O–H groups in total. The van der Waals surface area contributed by atoms with Crippen LogP contribution in [0.4, 0.5) is 17.6 Å². The largest absolute Gasteiger partial charge is 0.443 e. The predicted molar refractivity (Wildman–Crippen MR) is 91.0 cm³/mol. The molecule has 2 heterocycles. The summed E-state index contributed by atoms with van der Waals surface area (Å²) < 4.78 is 56.9. The van der Waals surface area contributed by atoms with Crippen molar-refractivity contribution >= 4 is 17.2 Å². The van der Waals surface area contributed by atoms with Gasteiger partial charge in [-0.3, -0.25) is 9.69 Å². The van der Waals surface area contributed by atoms with Crippen LogP contribution < -0.4 is 5.32 Å². The zero-order valence-electron chi connectivity index (χ0n) is 14.1. The van der Waals surface area contributed by atoms with Crippen molar-refractivity contribution in [1.82, 2.24) is 15.2 Å². The molecule has 5 nitrogen and oxygen atoms in total. The number of alkyl halides is 3. The second-order valence-corrected chi connectivity index (χ2v) is 6.82. The second-order valence-electron chi connectivity index (χ2n) is 5.96. The van der Waals surface area contributed by atoms with Crippen LogP contribution in [0.2, 0.25) is 0 Å². The Morgan fingerprint density at radius 2 is 2.07 bits per heavy atom. The van der Waals surface area contributed by atoms with Crippen LogP contribution in [0.3, 0.4) is 0 Å². The topological polar surface area (TPSA) is 54.5 Å². The first kappa shape index (κ1) is 19.7. The van der Waals surface area contributed by atoms with Crippen molar-refractivity contribution in [3.63, 3.8) is 0 Å². The molecule has 0 bridgehead atoms. The van der Waals surface area contributed by atoms with Gasteiger partial charge in [0.25, 0.3) is 5.91 Å². The van der Waals surface area contributed by atoms with Gasteiger partial charge < -0.3 is 10.1 Å². The number of halogens is 4. The van der Waals surface area contributed by atoms with Gasteiger partial charge in [-0.1, -0.05) is 12.1 Å². The summed E-state index contributed by atoms with van der Waals surface area (Å²) in [7, 11) is 0. The minimum Gasteiger partial charge on any atom is -0.379 e. The molecule has 1 saturated heterocycles. The first-order chi connectivity index (χ1) is 12.8. The minimum absolute atomic E-state index is 0.112. The van der Waals surface area contributed by atoms with E-state index >= 15 is 0 Å². The molecule has 10 heteroatoms. The monoisotopic (exact) mass is 403 g/mol. The third-order valence-electron chi connectivity index (χ3n) is 4.16. The Kier molecular flexibility index (Phi) is 6.08. The average Bonchev–Trinajstić information content (AvgIpc) is 3.13. The van der Waals surface area contributed by atoms with E-state index in [9.17, 15) is 22.4 Å². The highest BCUT2D eigenvalue weighted by molar-refractivity contribution is 7.09. The fraction of sp³-hybridized carbons (Fsp3) is 0.412. The lowest BCUT2D eigenvalue weighted by molar-refractivity contribution is -0.137. The molecule has 0 saturated carbocycles. The fourth-order valence-corrected chi connectivity index (χ4v) is 3.52. The maximum absolute atomic E-state index is 13.6. The van der Waals surface area contributed by atoms with Gasteiger partial charge in [0, 0.05) is 25.0 Å². The Balaban J connectivity index is 1.72. The molecule has 1 aromatic carbocycles. The van der Waals surface area contributed by atoms with Gasteiger partial charge in [-0.2, -0.15) is 13.2 Å². The molecule has 27 heavy (non-hydrogen) atoms. The van der Waals surface area contributed by atoms with Gasteiger partial charge in [0.05, 0.1) is 19.3 Å². The molecule has 1 aliphatic rings. The number of ether oxygens (including phenoxy) is 1. The smallest absolute Gasteiger partial charge is 0.379 e. The van der Waals surface area contributed by atoms with Gasteiger partial charge in [-0.15, -0.1) is 11.3 Å². The quantitative estimate of drug-likeness (QED) is 0.780. The van der Waals surface area contributed by atoms with E-state index in [1.807, 2.05) is 4.90 Å². The van der Waals surface area contributed by atoms with Gasteiger partial charge in [-0.25, -0.2) is 9.37 Å². The minimum atomic E-state index is -4.58. The number of hydrogen-bond donors (Lipinski definition) is 1. The average molecular weight is 403 g/mol. The van der Waals surface area contributed by atoms with E-state index < -0.39 is 22.9 Å². The van der Waals surface area contributed by atoms with Crippen molar-refractivity contribution in [2.24, 2.45) is 0 Å². The van der Waals surface area contributed by atoms with Crippen LogP contribution in [-0.2, 0) is 10.9 Å². The van der Waals surface area contributed by atoms with Crippen molar-refractivity contribution < 1.29 is 27.1 Å². The molecule has 0 unspecified atom stereocenters. The van der Waals surface area contributed by atoms with Crippen LogP contribution in [0.1, 0.15) is 27.1 Å². The number of amides is 1. The Labute approximate surface area is 157 Å². The highest BCUT2D eigenvalue weighted by Crippen LogP contribution is 2.31. The molecule has 1 fully saturated rings. The number of morpholine rings is 1. The first-order valence-electron chi connectivity index (χ1n) is 8.23. The predicted octanol–water partition coefficient (Wildman–Crippen LogP) is 3.10. The van der Waals surface area contributed by atoms with Crippen LogP contribution in [0.25, 0.3) is 0 Å². The summed E-state index contributed by atoms with van der Waals surface area (Å²) in [5.41, 5.74) is 0.388. The molecule has 3 rings (SSSR count).